The number of para-hydroxylation sites is 1. The van der Waals surface area contributed by atoms with Crippen LogP contribution in [0, 0.1) is 5.82 Å². The fourth-order valence-corrected chi connectivity index (χ4v) is 3.74. The van der Waals surface area contributed by atoms with E-state index in [2.05, 4.69) is 9.55 Å². The van der Waals surface area contributed by atoms with Gasteiger partial charge in [-0.2, -0.15) is 0 Å². The summed E-state index contributed by atoms with van der Waals surface area (Å²) in [6.45, 7) is 0. The number of nitrogens with two attached hydrogens (primary N) is 1. The molecule has 0 spiro atoms. The zero-order valence-corrected chi connectivity index (χ0v) is 12.3. The Bertz CT molecular complexity index is 666. The smallest absolute Gasteiger partial charge is 0.151 e. The predicted octanol–water partition coefficient (Wildman–Crippen LogP) is 3.71. The van der Waals surface area contributed by atoms with Crippen molar-refractivity contribution in [2.24, 2.45) is 5.73 Å². The Kier molecular flexibility index (Phi) is 3.03. The molecule has 0 aliphatic heterocycles. The van der Waals surface area contributed by atoms with Crippen molar-refractivity contribution >= 4 is 11.0 Å². The molecule has 1 aromatic carbocycles. The molecule has 4 rings (SSSR count). The number of hydrogen-bond acceptors (Lipinski definition) is 2. The summed E-state index contributed by atoms with van der Waals surface area (Å²) >= 11 is 0. The average Bonchev–Trinajstić information content (AvgIpc) is 3.22. The van der Waals surface area contributed by atoms with Crippen LogP contribution < -0.4 is 5.73 Å². The van der Waals surface area contributed by atoms with E-state index in [1.54, 1.807) is 6.07 Å². The molecule has 2 aliphatic carbocycles. The minimum atomic E-state index is -0.220. The number of nitrogens with zero attached hydrogens (tertiary/aromatic N) is 2. The van der Waals surface area contributed by atoms with Gasteiger partial charge in [0.05, 0.1) is 5.52 Å². The Morgan fingerprint density at radius 3 is 2.71 bits per heavy atom. The zero-order chi connectivity index (χ0) is 14.4. The van der Waals surface area contributed by atoms with Gasteiger partial charge in [-0.25, -0.2) is 9.37 Å². The first-order valence-corrected chi connectivity index (χ1v) is 8.11. The lowest BCUT2D eigenvalue weighted by Gasteiger charge is -2.33. The maximum absolute atomic E-state index is 14.0. The van der Waals surface area contributed by atoms with Gasteiger partial charge in [0.1, 0.15) is 11.3 Å². The summed E-state index contributed by atoms with van der Waals surface area (Å²) in [5.41, 5.74) is 7.89. The van der Waals surface area contributed by atoms with E-state index < -0.39 is 0 Å². The van der Waals surface area contributed by atoms with Crippen molar-refractivity contribution < 1.29 is 4.39 Å². The van der Waals surface area contributed by atoms with Gasteiger partial charge in [0, 0.05) is 18.0 Å². The molecule has 0 unspecified atom stereocenters. The van der Waals surface area contributed by atoms with Crippen LogP contribution >= 0.6 is 0 Å². The molecule has 1 heterocycles. The van der Waals surface area contributed by atoms with Crippen molar-refractivity contribution in [2.75, 3.05) is 0 Å². The van der Waals surface area contributed by atoms with E-state index >= 15 is 0 Å². The fourth-order valence-electron chi connectivity index (χ4n) is 3.74. The summed E-state index contributed by atoms with van der Waals surface area (Å²) in [5.74, 6) is 0.768. The first kappa shape index (κ1) is 13.3. The standard InChI is InChI=1S/C17H22FN3/c18-13-5-4-6-14-16(13)20-15(21(14)12-7-8-12)11-17(19)9-2-1-3-10-17/h4-6,12H,1-3,7-11,19H2. The van der Waals surface area contributed by atoms with Crippen LogP contribution in [-0.2, 0) is 6.42 Å². The van der Waals surface area contributed by atoms with Crippen LogP contribution in [0.1, 0.15) is 56.8 Å². The predicted molar refractivity (Wildman–Crippen MR) is 81.7 cm³/mol. The second-order valence-electron chi connectivity index (χ2n) is 6.84. The summed E-state index contributed by atoms with van der Waals surface area (Å²) in [6, 6.07) is 5.76. The van der Waals surface area contributed by atoms with Crippen LogP contribution in [0.3, 0.4) is 0 Å². The lowest BCUT2D eigenvalue weighted by Crippen LogP contribution is -2.44. The first-order valence-electron chi connectivity index (χ1n) is 8.11. The third kappa shape index (κ3) is 2.35. The molecule has 3 nitrogen and oxygen atoms in total. The monoisotopic (exact) mass is 287 g/mol. The number of halogens is 1. The zero-order valence-electron chi connectivity index (χ0n) is 12.3. The van der Waals surface area contributed by atoms with E-state index in [0.29, 0.717) is 11.6 Å². The molecule has 1 aromatic heterocycles. The molecular weight excluding hydrogens is 265 g/mol. The van der Waals surface area contributed by atoms with Crippen molar-refractivity contribution in [1.29, 1.82) is 0 Å². The maximum Gasteiger partial charge on any atom is 0.151 e. The second kappa shape index (κ2) is 4.80. The minimum absolute atomic E-state index is 0.150. The van der Waals surface area contributed by atoms with Gasteiger partial charge in [-0.05, 0) is 37.8 Å². The van der Waals surface area contributed by atoms with E-state index in [4.69, 9.17) is 5.73 Å². The maximum atomic E-state index is 14.0. The van der Waals surface area contributed by atoms with Crippen LogP contribution in [-0.4, -0.2) is 15.1 Å². The molecule has 0 atom stereocenters. The van der Waals surface area contributed by atoms with Crippen LogP contribution in [0.5, 0.6) is 0 Å². The van der Waals surface area contributed by atoms with Gasteiger partial charge in [-0.15, -0.1) is 0 Å². The molecule has 2 aromatic rings. The Balaban J connectivity index is 1.77. The molecule has 0 bridgehead atoms. The largest absolute Gasteiger partial charge is 0.325 e. The summed E-state index contributed by atoms with van der Waals surface area (Å²) in [7, 11) is 0. The van der Waals surface area contributed by atoms with Crippen molar-refractivity contribution in [1.82, 2.24) is 9.55 Å². The number of hydrogen-bond donors (Lipinski definition) is 1. The number of fused-ring (bicyclic) bond motifs is 1. The number of aromatic nitrogens is 2. The topological polar surface area (TPSA) is 43.8 Å². The molecule has 112 valence electrons. The van der Waals surface area contributed by atoms with Crippen molar-refractivity contribution in [2.45, 2.75) is 62.9 Å². The number of imidazole rings is 1. The molecular formula is C17H22FN3. The van der Waals surface area contributed by atoms with E-state index in [0.717, 1.165) is 30.6 Å². The van der Waals surface area contributed by atoms with E-state index in [9.17, 15) is 4.39 Å². The van der Waals surface area contributed by atoms with Gasteiger partial charge in [-0.1, -0.05) is 25.3 Å². The molecule has 2 fully saturated rings. The van der Waals surface area contributed by atoms with Crippen molar-refractivity contribution in [3.8, 4) is 0 Å². The lowest BCUT2D eigenvalue weighted by atomic mass is 9.80. The van der Waals surface area contributed by atoms with Crippen LogP contribution in [0.2, 0.25) is 0 Å². The van der Waals surface area contributed by atoms with Gasteiger partial charge in [-0.3, -0.25) is 0 Å². The van der Waals surface area contributed by atoms with E-state index in [1.165, 1.54) is 38.2 Å². The Hall–Kier alpha value is -1.42. The lowest BCUT2D eigenvalue weighted by molar-refractivity contribution is 0.287. The van der Waals surface area contributed by atoms with Gasteiger partial charge in [0.15, 0.2) is 5.82 Å². The molecule has 0 amide bonds. The number of benzene rings is 1. The van der Waals surface area contributed by atoms with E-state index in [1.807, 2.05) is 6.07 Å². The summed E-state index contributed by atoms with van der Waals surface area (Å²) in [4.78, 5) is 4.62. The molecule has 0 saturated heterocycles. The quantitative estimate of drug-likeness (QED) is 0.935. The SMILES string of the molecule is NC1(Cc2nc3c(F)cccc3n2C2CC2)CCCCC1. The van der Waals surface area contributed by atoms with Gasteiger partial charge in [0.2, 0.25) is 0 Å². The highest BCUT2D eigenvalue weighted by Gasteiger charge is 2.34. The van der Waals surface area contributed by atoms with E-state index in [-0.39, 0.29) is 11.4 Å². The van der Waals surface area contributed by atoms with Gasteiger partial charge in [0.25, 0.3) is 0 Å². The first-order chi connectivity index (χ1) is 10.2. The molecule has 2 aliphatic rings. The summed E-state index contributed by atoms with van der Waals surface area (Å²) in [5, 5.41) is 0. The molecule has 4 heteroatoms. The Labute approximate surface area is 124 Å². The fraction of sp³-hybridized carbons (Fsp3) is 0.588. The van der Waals surface area contributed by atoms with Gasteiger partial charge < -0.3 is 10.3 Å². The normalized spacial score (nSPS) is 21.8. The van der Waals surface area contributed by atoms with Crippen LogP contribution in [0.25, 0.3) is 11.0 Å². The molecule has 2 N–H and O–H groups in total. The molecule has 21 heavy (non-hydrogen) atoms. The number of rotatable bonds is 3. The van der Waals surface area contributed by atoms with Crippen LogP contribution in [0.4, 0.5) is 4.39 Å². The Morgan fingerprint density at radius 2 is 2.00 bits per heavy atom. The second-order valence-corrected chi connectivity index (χ2v) is 6.84. The molecule has 0 radical (unpaired) electrons. The minimum Gasteiger partial charge on any atom is -0.325 e. The Morgan fingerprint density at radius 1 is 1.24 bits per heavy atom. The summed E-state index contributed by atoms with van der Waals surface area (Å²) < 4.78 is 16.3. The summed E-state index contributed by atoms with van der Waals surface area (Å²) in [6.07, 6.45) is 8.93. The van der Waals surface area contributed by atoms with Crippen LogP contribution in [0.15, 0.2) is 18.2 Å². The van der Waals surface area contributed by atoms with Crippen molar-refractivity contribution in [3.63, 3.8) is 0 Å². The highest BCUT2D eigenvalue weighted by atomic mass is 19.1. The average molecular weight is 287 g/mol. The molecule has 2 saturated carbocycles. The third-order valence-electron chi connectivity index (χ3n) is 5.02. The van der Waals surface area contributed by atoms with Crippen molar-refractivity contribution in [3.05, 3.63) is 29.8 Å². The highest BCUT2D eigenvalue weighted by Crippen LogP contribution is 2.40. The third-order valence-corrected chi connectivity index (χ3v) is 5.02. The highest BCUT2D eigenvalue weighted by molar-refractivity contribution is 5.77. The van der Waals surface area contributed by atoms with Gasteiger partial charge >= 0.3 is 0 Å².